The molecule has 0 aromatic heterocycles. The topological polar surface area (TPSA) is 69.6 Å². The number of urea groups is 1. The van der Waals surface area contributed by atoms with Gasteiger partial charge in [0, 0.05) is 13.1 Å². The summed E-state index contributed by atoms with van der Waals surface area (Å²) in [6.07, 6.45) is 1.26. The van der Waals surface area contributed by atoms with E-state index in [1.165, 1.54) is 4.90 Å². The second-order valence-corrected chi connectivity index (χ2v) is 3.04. The Labute approximate surface area is 76.7 Å². The smallest absolute Gasteiger partial charge is 0.326 e. The molecule has 0 spiro atoms. The van der Waals surface area contributed by atoms with E-state index in [9.17, 15) is 9.59 Å². The molecule has 1 heterocycles. The minimum Gasteiger partial charge on any atom is -0.480 e. The summed E-state index contributed by atoms with van der Waals surface area (Å²) in [5.41, 5.74) is 0. The van der Waals surface area contributed by atoms with Crippen molar-refractivity contribution in [2.75, 3.05) is 13.1 Å². The van der Waals surface area contributed by atoms with E-state index in [-0.39, 0.29) is 6.03 Å². The summed E-state index contributed by atoms with van der Waals surface area (Å²) in [5.74, 6) is -0.931. The molecule has 0 bridgehead atoms. The Kier molecular flexibility index (Phi) is 3.11. The molecule has 1 saturated heterocycles. The molecule has 0 radical (unpaired) electrons. The van der Waals surface area contributed by atoms with Crippen molar-refractivity contribution in [1.29, 1.82) is 0 Å². The van der Waals surface area contributed by atoms with Gasteiger partial charge in [0.25, 0.3) is 0 Å². The lowest BCUT2D eigenvalue weighted by atomic mass is 10.1. The summed E-state index contributed by atoms with van der Waals surface area (Å²) in [4.78, 5) is 23.4. The van der Waals surface area contributed by atoms with Crippen LogP contribution in [0.3, 0.4) is 0 Å². The van der Waals surface area contributed by atoms with Crippen LogP contribution < -0.4 is 5.32 Å². The summed E-state index contributed by atoms with van der Waals surface area (Å²) in [5, 5.41) is 11.4. The molecule has 0 aromatic rings. The van der Waals surface area contributed by atoms with E-state index < -0.39 is 12.0 Å². The lowest BCUT2D eigenvalue weighted by Gasteiger charge is -2.31. The van der Waals surface area contributed by atoms with Crippen molar-refractivity contribution in [2.45, 2.75) is 25.8 Å². The maximum Gasteiger partial charge on any atom is 0.326 e. The third-order valence-corrected chi connectivity index (χ3v) is 2.16. The molecule has 5 heteroatoms. The average Bonchev–Trinajstić information content (AvgIpc) is 2.09. The van der Waals surface area contributed by atoms with Crippen molar-refractivity contribution in [2.24, 2.45) is 0 Å². The summed E-state index contributed by atoms with van der Waals surface area (Å²) >= 11 is 0. The highest BCUT2D eigenvalue weighted by Crippen LogP contribution is 2.08. The first-order chi connectivity index (χ1) is 6.16. The van der Waals surface area contributed by atoms with E-state index in [2.05, 4.69) is 5.32 Å². The van der Waals surface area contributed by atoms with Gasteiger partial charge in [-0.25, -0.2) is 9.59 Å². The Morgan fingerprint density at radius 3 is 2.92 bits per heavy atom. The first-order valence-electron chi connectivity index (χ1n) is 4.44. The minimum absolute atomic E-state index is 0.263. The van der Waals surface area contributed by atoms with Gasteiger partial charge in [0.2, 0.25) is 0 Å². The molecule has 1 aliphatic rings. The molecule has 5 nitrogen and oxygen atoms in total. The number of carbonyl (C=O) groups is 2. The molecule has 0 saturated carbocycles. The van der Waals surface area contributed by atoms with E-state index in [0.717, 1.165) is 6.42 Å². The van der Waals surface area contributed by atoms with Gasteiger partial charge in [-0.3, -0.25) is 0 Å². The second-order valence-electron chi connectivity index (χ2n) is 3.04. The van der Waals surface area contributed by atoms with E-state index in [1.54, 1.807) is 6.92 Å². The molecular formula is C8H14N2O3. The van der Waals surface area contributed by atoms with Crippen LogP contribution in [-0.4, -0.2) is 41.1 Å². The normalized spacial score (nSPS) is 19.5. The highest BCUT2D eigenvalue weighted by molar-refractivity contribution is 5.83. The van der Waals surface area contributed by atoms with Crippen LogP contribution >= 0.6 is 0 Å². The van der Waals surface area contributed by atoms with Crippen LogP contribution in [0.1, 0.15) is 19.8 Å². The monoisotopic (exact) mass is 186 g/mol. The number of hydrogen-bond donors (Lipinski definition) is 2. The van der Waals surface area contributed by atoms with Crippen molar-refractivity contribution in [3.05, 3.63) is 0 Å². The molecule has 0 aliphatic carbocycles. The van der Waals surface area contributed by atoms with Crippen molar-refractivity contribution < 1.29 is 14.7 Å². The van der Waals surface area contributed by atoms with Gasteiger partial charge in [-0.2, -0.15) is 0 Å². The van der Waals surface area contributed by atoms with Gasteiger partial charge >= 0.3 is 12.0 Å². The summed E-state index contributed by atoms with van der Waals surface area (Å²) < 4.78 is 0. The number of aliphatic carboxylic acids is 1. The number of carboxylic acid groups (broad SMARTS) is 1. The molecule has 1 aliphatic heterocycles. The standard InChI is InChI=1S/C8H14N2O3/c1-2-6(7(11)12)10-5-3-4-9-8(10)13/h6H,2-5H2,1H3,(H,9,13)(H,11,12). The predicted molar refractivity (Wildman–Crippen MR) is 46.4 cm³/mol. The first kappa shape index (κ1) is 9.83. The van der Waals surface area contributed by atoms with Crippen molar-refractivity contribution in [3.63, 3.8) is 0 Å². The highest BCUT2D eigenvalue weighted by Gasteiger charge is 2.29. The number of carboxylic acids is 1. The SMILES string of the molecule is CCC(C(=O)O)N1CCCNC1=O. The zero-order valence-electron chi connectivity index (χ0n) is 7.62. The van der Waals surface area contributed by atoms with Gasteiger partial charge in [-0.1, -0.05) is 6.92 Å². The first-order valence-corrected chi connectivity index (χ1v) is 4.44. The maximum absolute atomic E-state index is 11.3. The quantitative estimate of drug-likeness (QED) is 0.664. The number of amides is 2. The molecule has 0 aromatic carbocycles. The Morgan fingerprint density at radius 2 is 2.46 bits per heavy atom. The summed E-state index contributed by atoms with van der Waals surface area (Å²) in [6, 6.07) is -0.944. The fourth-order valence-corrected chi connectivity index (χ4v) is 1.47. The van der Waals surface area contributed by atoms with Crippen LogP contribution in [-0.2, 0) is 4.79 Å². The van der Waals surface area contributed by atoms with E-state index in [0.29, 0.717) is 19.5 Å². The molecular weight excluding hydrogens is 172 g/mol. The lowest BCUT2D eigenvalue weighted by molar-refractivity contribution is -0.142. The van der Waals surface area contributed by atoms with Gasteiger partial charge in [0.15, 0.2) is 0 Å². The zero-order chi connectivity index (χ0) is 9.84. The third-order valence-electron chi connectivity index (χ3n) is 2.16. The van der Waals surface area contributed by atoms with Crippen LogP contribution in [0.5, 0.6) is 0 Å². The van der Waals surface area contributed by atoms with Gasteiger partial charge < -0.3 is 15.3 Å². The number of hydrogen-bond acceptors (Lipinski definition) is 2. The lowest BCUT2D eigenvalue weighted by Crippen LogP contribution is -2.53. The zero-order valence-corrected chi connectivity index (χ0v) is 7.62. The minimum atomic E-state index is -0.931. The fraction of sp³-hybridized carbons (Fsp3) is 0.750. The van der Waals surface area contributed by atoms with E-state index in [4.69, 9.17) is 5.11 Å². The summed E-state index contributed by atoms with van der Waals surface area (Å²) in [7, 11) is 0. The number of rotatable bonds is 3. The van der Waals surface area contributed by atoms with Crippen LogP contribution in [0.4, 0.5) is 4.79 Å². The van der Waals surface area contributed by atoms with Crippen molar-refractivity contribution in [1.82, 2.24) is 10.2 Å². The van der Waals surface area contributed by atoms with Crippen LogP contribution in [0.15, 0.2) is 0 Å². The predicted octanol–water partition coefficient (Wildman–Crippen LogP) is 0.265. The van der Waals surface area contributed by atoms with Gasteiger partial charge in [-0.05, 0) is 12.8 Å². The Morgan fingerprint density at radius 1 is 1.77 bits per heavy atom. The molecule has 74 valence electrons. The highest BCUT2D eigenvalue weighted by atomic mass is 16.4. The van der Waals surface area contributed by atoms with Crippen LogP contribution in [0, 0.1) is 0 Å². The Hall–Kier alpha value is -1.26. The van der Waals surface area contributed by atoms with Crippen molar-refractivity contribution >= 4 is 12.0 Å². The number of nitrogens with zero attached hydrogens (tertiary/aromatic N) is 1. The Balaban J connectivity index is 2.65. The molecule has 1 fully saturated rings. The van der Waals surface area contributed by atoms with Gasteiger partial charge in [0.1, 0.15) is 6.04 Å². The number of nitrogens with one attached hydrogen (secondary N) is 1. The molecule has 2 N–H and O–H groups in total. The van der Waals surface area contributed by atoms with E-state index in [1.807, 2.05) is 0 Å². The van der Waals surface area contributed by atoms with Gasteiger partial charge in [-0.15, -0.1) is 0 Å². The van der Waals surface area contributed by atoms with E-state index >= 15 is 0 Å². The molecule has 1 unspecified atom stereocenters. The molecule has 13 heavy (non-hydrogen) atoms. The van der Waals surface area contributed by atoms with Gasteiger partial charge in [0.05, 0.1) is 0 Å². The largest absolute Gasteiger partial charge is 0.480 e. The van der Waals surface area contributed by atoms with Crippen LogP contribution in [0.2, 0.25) is 0 Å². The molecule has 1 rings (SSSR count). The average molecular weight is 186 g/mol. The second kappa shape index (κ2) is 4.11. The summed E-state index contributed by atoms with van der Waals surface area (Å²) in [6.45, 7) is 2.95. The fourth-order valence-electron chi connectivity index (χ4n) is 1.47. The van der Waals surface area contributed by atoms with Crippen molar-refractivity contribution in [3.8, 4) is 0 Å². The van der Waals surface area contributed by atoms with Crippen LogP contribution in [0.25, 0.3) is 0 Å². The molecule has 2 amide bonds. The maximum atomic E-state index is 11.3. The molecule has 1 atom stereocenters. The Bertz CT molecular complexity index is 217. The third kappa shape index (κ3) is 2.11. The number of carbonyl (C=O) groups excluding carboxylic acids is 1.